The summed E-state index contributed by atoms with van der Waals surface area (Å²) in [6.45, 7) is 5.40. The molecule has 0 aliphatic rings. The van der Waals surface area contributed by atoms with Crippen LogP contribution in [-0.4, -0.2) is 12.6 Å². The molecule has 1 aromatic carbocycles. The molecule has 1 aromatic rings. The van der Waals surface area contributed by atoms with Crippen LogP contribution in [0.4, 0.5) is 0 Å². The lowest BCUT2D eigenvalue weighted by atomic mass is 10.2. The fourth-order valence-corrected chi connectivity index (χ4v) is 0.995. The average Bonchev–Trinajstić information content (AvgIpc) is 2.25. The molecule has 2 nitrogen and oxygen atoms in total. The smallest absolute Gasteiger partial charge is 0.333 e. The van der Waals surface area contributed by atoms with E-state index in [2.05, 4.69) is 6.58 Å². The number of benzene rings is 1. The minimum Gasteiger partial charge on any atom is -0.458 e. The minimum atomic E-state index is -0.354. The van der Waals surface area contributed by atoms with Crippen molar-refractivity contribution in [3.63, 3.8) is 0 Å². The van der Waals surface area contributed by atoms with Crippen LogP contribution in [0.5, 0.6) is 0 Å². The van der Waals surface area contributed by atoms with Gasteiger partial charge in [-0.25, -0.2) is 4.79 Å². The molecule has 0 N–H and O–H groups in total. The lowest BCUT2D eigenvalue weighted by Crippen LogP contribution is -2.04. The zero-order chi connectivity index (χ0) is 11.1. The third kappa shape index (κ3) is 4.27. The first-order valence-corrected chi connectivity index (χ1v) is 4.74. The number of hydrogen-bond acceptors (Lipinski definition) is 2. The molecular formula is C13H14O2. The summed E-state index contributed by atoms with van der Waals surface area (Å²) in [5.74, 6) is -0.354. The summed E-state index contributed by atoms with van der Waals surface area (Å²) in [5.41, 5.74) is 1.51. The number of rotatable bonds is 4. The van der Waals surface area contributed by atoms with E-state index in [1.807, 2.05) is 36.4 Å². The van der Waals surface area contributed by atoms with Gasteiger partial charge in [-0.05, 0) is 18.6 Å². The van der Waals surface area contributed by atoms with Crippen molar-refractivity contribution in [1.29, 1.82) is 0 Å². The lowest BCUT2D eigenvalue weighted by Gasteiger charge is -1.99. The molecular weight excluding hydrogens is 188 g/mol. The second-order valence-electron chi connectivity index (χ2n) is 3.19. The molecule has 0 aliphatic carbocycles. The average molecular weight is 202 g/mol. The molecule has 0 saturated heterocycles. The summed E-state index contributed by atoms with van der Waals surface area (Å²) in [6.07, 6.45) is 3.71. The van der Waals surface area contributed by atoms with Gasteiger partial charge in [-0.15, -0.1) is 0 Å². The van der Waals surface area contributed by atoms with E-state index in [-0.39, 0.29) is 12.6 Å². The largest absolute Gasteiger partial charge is 0.458 e. The van der Waals surface area contributed by atoms with Crippen LogP contribution in [0.2, 0.25) is 0 Å². The van der Waals surface area contributed by atoms with Gasteiger partial charge in [0.2, 0.25) is 0 Å². The van der Waals surface area contributed by atoms with Gasteiger partial charge in [0.1, 0.15) is 6.61 Å². The first kappa shape index (κ1) is 11.2. The van der Waals surface area contributed by atoms with Crippen molar-refractivity contribution in [3.05, 3.63) is 54.1 Å². The van der Waals surface area contributed by atoms with Crippen LogP contribution >= 0.6 is 0 Å². The van der Waals surface area contributed by atoms with E-state index in [9.17, 15) is 4.79 Å². The number of ether oxygens (including phenoxy) is 1. The van der Waals surface area contributed by atoms with Crippen LogP contribution in [-0.2, 0) is 9.53 Å². The molecule has 0 aromatic heterocycles. The Kier molecular flexibility index (Phi) is 4.35. The summed E-state index contributed by atoms with van der Waals surface area (Å²) >= 11 is 0. The van der Waals surface area contributed by atoms with E-state index in [0.29, 0.717) is 5.57 Å². The molecule has 2 heteroatoms. The molecule has 1 rings (SSSR count). The maximum atomic E-state index is 11.0. The normalized spacial score (nSPS) is 10.2. The molecule has 0 bridgehead atoms. The standard InChI is InChI=1S/C13H14O2/c1-11(2)13(14)15-10-6-9-12-7-4-3-5-8-12/h3-9H,1,10H2,2H3/b9-6-. The van der Waals surface area contributed by atoms with Crippen molar-refractivity contribution in [2.24, 2.45) is 0 Å². The Bertz CT molecular complexity index is 363. The summed E-state index contributed by atoms with van der Waals surface area (Å²) < 4.78 is 4.90. The van der Waals surface area contributed by atoms with E-state index in [0.717, 1.165) is 5.56 Å². The number of carbonyl (C=O) groups is 1. The maximum absolute atomic E-state index is 11.0. The highest BCUT2D eigenvalue weighted by atomic mass is 16.5. The van der Waals surface area contributed by atoms with Gasteiger partial charge in [-0.2, -0.15) is 0 Å². The third-order valence-electron chi connectivity index (χ3n) is 1.77. The Morgan fingerprint density at radius 2 is 2.07 bits per heavy atom. The topological polar surface area (TPSA) is 26.3 Å². The van der Waals surface area contributed by atoms with Crippen LogP contribution in [0.25, 0.3) is 6.08 Å². The molecule has 0 radical (unpaired) electrons. The van der Waals surface area contributed by atoms with Crippen molar-refractivity contribution in [2.75, 3.05) is 6.61 Å². The number of carbonyl (C=O) groups excluding carboxylic acids is 1. The predicted molar refractivity (Wildman–Crippen MR) is 61.2 cm³/mol. The summed E-state index contributed by atoms with van der Waals surface area (Å²) in [6, 6.07) is 9.84. The molecule has 15 heavy (non-hydrogen) atoms. The van der Waals surface area contributed by atoms with Gasteiger partial charge in [-0.3, -0.25) is 0 Å². The Hall–Kier alpha value is -1.83. The fraction of sp³-hybridized carbons (Fsp3) is 0.154. The van der Waals surface area contributed by atoms with Gasteiger partial charge in [0, 0.05) is 5.57 Å². The van der Waals surface area contributed by atoms with Gasteiger partial charge >= 0.3 is 5.97 Å². The maximum Gasteiger partial charge on any atom is 0.333 e. The van der Waals surface area contributed by atoms with Crippen molar-refractivity contribution >= 4 is 12.0 Å². The van der Waals surface area contributed by atoms with E-state index >= 15 is 0 Å². The van der Waals surface area contributed by atoms with Crippen molar-refractivity contribution in [2.45, 2.75) is 6.92 Å². The minimum absolute atomic E-state index is 0.278. The molecule has 0 saturated carbocycles. The molecule has 0 fully saturated rings. The third-order valence-corrected chi connectivity index (χ3v) is 1.77. The molecule has 0 atom stereocenters. The van der Waals surface area contributed by atoms with E-state index in [4.69, 9.17) is 4.74 Å². The van der Waals surface area contributed by atoms with Crippen LogP contribution in [0.3, 0.4) is 0 Å². The van der Waals surface area contributed by atoms with E-state index in [1.165, 1.54) is 0 Å². The Morgan fingerprint density at radius 3 is 2.67 bits per heavy atom. The van der Waals surface area contributed by atoms with Crippen LogP contribution in [0, 0.1) is 0 Å². The van der Waals surface area contributed by atoms with E-state index in [1.54, 1.807) is 13.0 Å². The zero-order valence-electron chi connectivity index (χ0n) is 8.77. The van der Waals surface area contributed by atoms with Gasteiger partial charge < -0.3 is 4.74 Å². The molecule has 0 heterocycles. The molecule has 0 spiro atoms. The highest BCUT2D eigenvalue weighted by molar-refractivity contribution is 5.87. The summed E-state index contributed by atoms with van der Waals surface area (Å²) in [5, 5.41) is 0. The van der Waals surface area contributed by atoms with E-state index < -0.39 is 0 Å². The quantitative estimate of drug-likeness (QED) is 0.554. The van der Waals surface area contributed by atoms with Crippen LogP contribution < -0.4 is 0 Å². The zero-order valence-corrected chi connectivity index (χ0v) is 8.77. The van der Waals surface area contributed by atoms with Crippen molar-refractivity contribution in [1.82, 2.24) is 0 Å². The van der Waals surface area contributed by atoms with Crippen LogP contribution in [0.15, 0.2) is 48.6 Å². The Labute approximate surface area is 89.9 Å². The Morgan fingerprint density at radius 1 is 1.40 bits per heavy atom. The monoisotopic (exact) mass is 202 g/mol. The van der Waals surface area contributed by atoms with Crippen molar-refractivity contribution in [3.8, 4) is 0 Å². The Balaban J connectivity index is 2.35. The predicted octanol–water partition coefficient (Wildman–Crippen LogP) is 2.82. The van der Waals surface area contributed by atoms with Gasteiger partial charge in [0.05, 0.1) is 0 Å². The highest BCUT2D eigenvalue weighted by Gasteiger charge is 1.99. The highest BCUT2D eigenvalue weighted by Crippen LogP contribution is 2.01. The molecule has 78 valence electrons. The fourth-order valence-electron chi connectivity index (χ4n) is 0.995. The van der Waals surface area contributed by atoms with Crippen LogP contribution in [0.1, 0.15) is 12.5 Å². The van der Waals surface area contributed by atoms with Gasteiger partial charge in [0.15, 0.2) is 0 Å². The first-order valence-electron chi connectivity index (χ1n) is 4.74. The first-order chi connectivity index (χ1) is 7.20. The lowest BCUT2D eigenvalue weighted by molar-refractivity contribution is -0.137. The second kappa shape index (κ2) is 5.81. The summed E-state index contributed by atoms with van der Waals surface area (Å²) in [7, 11) is 0. The molecule has 0 unspecified atom stereocenters. The SMILES string of the molecule is C=C(C)C(=O)OC/C=C\c1ccccc1. The number of esters is 1. The molecule has 0 aliphatic heterocycles. The second-order valence-corrected chi connectivity index (χ2v) is 3.19. The van der Waals surface area contributed by atoms with Gasteiger partial charge in [0.25, 0.3) is 0 Å². The summed E-state index contributed by atoms with van der Waals surface area (Å²) in [4.78, 5) is 11.0. The van der Waals surface area contributed by atoms with Gasteiger partial charge in [-0.1, -0.05) is 43.0 Å². The molecule has 0 amide bonds. The number of hydrogen-bond donors (Lipinski definition) is 0. The van der Waals surface area contributed by atoms with Crippen molar-refractivity contribution < 1.29 is 9.53 Å².